The molecule has 2 fully saturated rings. The quantitative estimate of drug-likeness (QED) is 0.191. The summed E-state index contributed by atoms with van der Waals surface area (Å²) in [5, 5.41) is 11.9. The topological polar surface area (TPSA) is 111 Å². The van der Waals surface area contributed by atoms with Crippen molar-refractivity contribution in [3.8, 4) is 23.3 Å². The number of carbonyl (C=O) groups is 1. The van der Waals surface area contributed by atoms with Gasteiger partial charge in [-0.05, 0) is 49.3 Å². The summed E-state index contributed by atoms with van der Waals surface area (Å²) in [6.45, 7) is 1.81. The summed E-state index contributed by atoms with van der Waals surface area (Å²) < 4.78 is 38.0. The maximum absolute atomic E-state index is 16.7. The minimum atomic E-state index is -0.970. The molecule has 0 saturated carbocycles. The van der Waals surface area contributed by atoms with Crippen LogP contribution in [0.4, 0.5) is 14.6 Å². The summed E-state index contributed by atoms with van der Waals surface area (Å²) in [6, 6.07) is 20.1. The maximum atomic E-state index is 16.7. The Labute approximate surface area is 282 Å². The summed E-state index contributed by atoms with van der Waals surface area (Å²) in [7, 11) is 2.04. The molecule has 2 unspecified atom stereocenters. The molecule has 2 saturated heterocycles. The number of carbonyl (C=O) groups excluding carboxylic acids is 1. The third kappa shape index (κ3) is 6.49. The van der Waals surface area contributed by atoms with E-state index in [1.54, 1.807) is 24.4 Å². The van der Waals surface area contributed by atoms with Crippen molar-refractivity contribution in [2.45, 2.75) is 31.3 Å². The van der Waals surface area contributed by atoms with Crippen molar-refractivity contribution < 1.29 is 18.3 Å². The molecule has 12 heteroatoms. The molecule has 0 aliphatic carbocycles. The molecular weight excluding hydrogens is 626 g/mol. The van der Waals surface area contributed by atoms with Gasteiger partial charge in [0, 0.05) is 49.7 Å². The van der Waals surface area contributed by atoms with Crippen molar-refractivity contribution in [3.63, 3.8) is 0 Å². The van der Waals surface area contributed by atoms with Crippen LogP contribution >= 0.6 is 0 Å². The zero-order chi connectivity index (χ0) is 33.9. The molecular formula is C37H34F2N8O2. The highest BCUT2D eigenvalue weighted by molar-refractivity contribution is 5.99. The maximum Gasteiger partial charge on any atom is 0.319 e. The number of rotatable bonds is 8. The Balaban J connectivity index is 1.25. The second kappa shape index (κ2) is 13.9. The van der Waals surface area contributed by atoms with E-state index in [-0.39, 0.29) is 49.3 Å². The van der Waals surface area contributed by atoms with Crippen molar-refractivity contribution in [1.82, 2.24) is 29.7 Å². The average Bonchev–Trinajstić information content (AvgIpc) is 3.55. The number of pyridine rings is 2. The minimum Gasteiger partial charge on any atom is -0.462 e. The number of aromatic nitrogens is 4. The molecule has 0 bridgehead atoms. The Morgan fingerprint density at radius 2 is 1.86 bits per heavy atom. The lowest BCUT2D eigenvalue weighted by molar-refractivity contribution is -0.131. The predicted octanol–water partition coefficient (Wildman–Crippen LogP) is 5.79. The monoisotopic (exact) mass is 660 g/mol. The van der Waals surface area contributed by atoms with Crippen LogP contribution in [0.2, 0.25) is 0 Å². The summed E-state index contributed by atoms with van der Waals surface area (Å²) >= 11 is 0. The zero-order valence-electron chi connectivity index (χ0n) is 27.0. The summed E-state index contributed by atoms with van der Waals surface area (Å²) in [6.07, 6.45) is 6.15. The van der Waals surface area contributed by atoms with Crippen LogP contribution in [0.1, 0.15) is 25.0 Å². The van der Waals surface area contributed by atoms with Crippen molar-refractivity contribution in [1.29, 1.82) is 5.26 Å². The smallest absolute Gasteiger partial charge is 0.319 e. The van der Waals surface area contributed by atoms with Crippen LogP contribution in [-0.4, -0.2) is 87.6 Å². The van der Waals surface area contributed by atoms with Crippen LogP contribution in [0, 0.1) is 17.1 Å². The number of hydrogen-bond acceptors (Lipinski definition) is 9. The fourth-order valence-electron chi connectivity index (χ4n) is 6.69. The number of benzene rings is 2. The van der Waals surface area contributed by atoms with Crippen molar-refractivity contribution in [2.24, 2.45) is 0 Å². The van der Waals surface area contributed by atoms with Gasteiger partial charge in [-0.25, -0.2) is 8.78 Å². The number of nitriles is 1. The highest BCUT2D eigenvalue weighted by atomic mass is 19.1. The first kappa shape index (κ1) is 32.0. The van der Waals surface area contributed by atoms with E-state index >= 15 is 8.78 Å². The van der Waals surface area contributed by atoms with E-state index in [9.17, 15) is 10.1 Å². The van der Waals surface area contributed by atoms with Crippen molar-refractivity contribution in [2.75, 3.05) is 44.7 Å². The fraction of sp³-hybridized carbons (Fsp3) is 0.297. The average molecular weight is 661 g/mol. The van der Waals surface area contributed by atoms with E-state index in [1.807, 2.05) is 54.4 Å². The highest BCUT2D eigenvalue weighted by Crippen LogP contribution is 2.35. The van der Waals surface area contributed by atoms with E-state index in [1.165, 1.54) is 11.1 Å². The molecule has 0 spiro atoms. The van der Waals surface area contributed by atoms with Crippen molar-refractivity contribution >= 4 is 39.5 Å². The molecule has 3 aromatic heterocycles. The van der Waals surface area contributed by atoms with Gasteiger partial charge in [0.25, 0.3) is 5.91 Å². The Bertz CT molecular complexity index is 2080. The Morgan fingerprint density at radius 3 is 2.65 bits per heavy atom. The van der Waals surface area contributed by atoms with Crippen LogP contribution in [-0.2, 0) is 4.79 Å². The normalized spacial score (nSPS) is 18.6. The van der Waals surface area contributed by atoms with E-state index in [0.717, 1.165) is 36.2 Å². The molecule has 49 heavy (non-hydrogen) atoms. The predicted molar refractivity (Wildman–Crippen MR) is 183 cm³/mol. The van der Waals surface area contributed by atoms with Gasteiger partial charge in [0.2, 0.25) is 0 Å². The van der Waals surface area contributed by atoms with Gasteiger partial charge in [-0.15, -0.1) is 0 Å². The third-order valence-electron chi connectivity index (χ3n) is 9.30. The summed E-state index contributed by atoms with van der Waals surface area (Å²) in [4.78, 5) is 36.7. The van der Waals surface area contributed by atoms with Crippen LogP contribution in [0.15, 0.2) is 78.9 Å². The molecule has 0 radical (unpaired) electrons. The number of likely N-dealkylation sites (N-methyl/N-ethyl adjacent to an activating group) is 1. The molecule has 7 rings (SSSR count). The Morgan fingerprint density at radius 1 is 1.02 bits per heavy atom. The number of fused-ring (bicyclic) bond motifs is 2. The number of piperazine rings is 1. The Hall–Kier alpha value is -5.54. The van der Waals surface area contributed by atoms with Crippen molar-refractivity contribution in [3.05, 3.63) is 90.4 Å². The highest BCUT2D eigenvalue weighted by Gasteiger charge is 2.34. The van der Waals surface area contributed by atoms with Gasteiger partial charge >= 0.3 is 6.01 Å². The lowest BCUT2D eigenvalue weighted by Crippen LogP contribution is -2.55. The SMILES string of the molecule is CN1CCCC1COc1nc(N2CCN(C(=O)/C(F)=C/c3ccccn3)C(CC#N)C2)c2cnc(-c3cccc4ccccc34)c(F)c2n1. The van der Waals surface area contributed by atoms with Gasteiger partial charge in [-0.3, -0.25) is 14.8 Å². The van der Waals surface area contributed by atoms with Gasteiger partial charge in [-0.2, -0.15) is 15.2 Å². The van der Waals surface area contributed by atoms with Gasteiger partial charge < -0.3 is 19.4 Å². The first-order chi connectivity index (χ1) is 23.9. The standard InChI is InChI=1S/C37H34F2N8O2/c1-45-17-7-11-27(45)23-49-37-43-34-30(21-42-33(32(34)39)29-13-6-9-24-8-2-3-12-28(24)29)35(44-37)46-18-19-47(26(22-46)14-15-40)36(48)31(38)20-25-10-4-5-16-41-25/h2-6,8-10,12-13,16,20-21,26-27H,7,11,14,17-19,22-23H2,1H3/b31-20-. The van der Waals surface area contributed by atoms with Crippen LogP contribution in [0.3, 0.4) is 0 Å². The van der Waals surface area contributed by atoms with E-state index in [4.69, 9.17) is 9.72 Å². The molecule has 5 heterocycles. The number of likely N-dealkylation sites (tertiary alicyclic amines) is 1. The van der Waals surface area contributed by atoms with E-state index in [0.29, 0.717) is 29.1 Å². The first-order valence-corrected chi connectivity index (χ1v) is 16.3. The van der Waals surface area contributed by atoms with E-state index in [2.05, 4.69) is 25.9 Å². The number of hydrogen-bond donors (Lipinski definition) is 0. The number of halogens is 2. The van der Waals surface area contributed by atoms with Crippen LogP contribution in [0.25, 0.3) is 39.0 Å². The number of ether oxygens (including phenoxy) is 1. The molecule has 2 aliphatic heterocycles. The lowest BCUT2D eigenvalue weighted by Gasteiger charge is -2.41. The lowest BCUT2D eigenvalue weighted by atomic mass is 10.0. The molecule has 2 atom stereocenters. The molecule has 2 aliphatic rings. The summed E-state index contributed by atoms with van der Waals surface area (Å²) in [5.41, 5.74) is 1.15. The molecule has 248 valence electrons. The molecule has 2 aromatic carbocycles. The molecule has 0 N–H and O–H groups in total. The van der Waals surface area contributed by atoms with Gasteiger partial charge in [0.15, 0.2) is 11.6 Å². The van der Waals surface area contributed by atoms with Crippen LogP contribution in [0.5, 0.6) is 6.01 Å². The first-order valence-electron chi connectivity index (χ1n) is 16.3. The largest absolute Gasteiger partial charge is 0.462 e. The summed E-state index contributed by atoms with van der Waals surface area (Å²) in [5.74, 6) is -2.03. The fourth-order valence-corrected chi connectivity index (χ4v) is 6.69. The van der Waals surface area contributed by atoms with Gasteiger partial charge in [0.05, 0.1) is 29.6 Å². The number of amides is 1. The number of anilines is 1. The number of nitrogens with zero attached hydrogens (tertiary/aromatic N) is 8. The Kier molecular flexibility index (Phi) is 9.09. The molecule has 10 nitrogen and oxygen atoms in total. The van der Waals surface area contributed by atoms with Gasteiger partial charge in [0.1, 0.15) is 23.6 Å². The molecule has 1 amide bonds. The van der Waals surface area contributed by atoms with Crippen LogP contribution < -0.4 is 9.64 Å². The second-order valence-electron chi connectivity index (χ2n) is 12.3. The van der Waals surface area contributed by atoms with E-state index < -0.39 is 23.6 Å². The second-order valence-corrected chi connectivity index (χ2v) is 12.3. The minimum absolute atomic E-state index is 0.0245. The molecule has 5 aromatic rings. The van der Waals surface area contributed by atoms with Gasteiger partial charge in [-0.1, -0.05) is 48.5 Å². The zero-order valence-corrected chi connectivity index (χ0v) is 27.0. The third-order valence-corrected chi connectivity index (χ3v) is 9.30.